The minimum absolute atomic E-state index is 0.102. The Bertz CT molecular complexity index is 4890. The summed E-state index contributed by atoms with van der Waals surface area (Å²) in [7, 11) is -1.28. The van der Waals surface area contributed by atoms with Crippen LogP contribution in [0.5, 0.6) is 0 Å². The van der Waals surface area contributed by atoms with E-state index in [-0.39, 0.29) is 72.5 Å². The number of fused-ring (bicyclic) bond motifs is 5. The van der Waals surface area contributed by atoms with Gasteiger partial charge in [0, 0.05) is 197 Å². The summed E-state index contributed by atoms with van der Waals surface area (Å²) in [6, 6.07) is 36.4. The van der Waals surface area contributed by atoms with E-state index in [9.17, 15) is 68.6 Å². The monoisotopic (exact) mass is 1540 g/mol. The zero-order valence-electron chi connectivity index (χ0n) is 63.2. The normalized spacial score (nSPS) is 16.6. The number of aromatic amines is 1. The predicted octanol–water partition coefficient (Wildman–Crippen LogP) is 15.3. The highest BCUT2D eigenvalue weighted by Crippen LogP contribution is 2.35. The number of ether oxygens (including phenoxy) is 2. The lowest BCUT2D eigenvalue weighted by atomic mass is 10.0. The topological polar surface area (TPSA) is 381 Å². The fourth-order valence-corrected chi connectivity index (χ4v) is 15.0. The Labute approximate surface area is 636 Å². The third-order valence-electron chi connectivity index (χ3n) is 19.8. The smallest absolute Gasteiger partial charge is 0.410 e. The number of rotatable bonds is 11. The van der Waals surface area contributed by atoms with E-state index in [0.717, 1.165) is 151 Å². The maximum Gasteiger partial charge on any atom is 0.410 e. The van der Waals surface area contributed by atoms with Crippen molar-refractivity contribution in [2.75, 3.05) is 78.8 Å². The fraction of sp³-hybridized carbons (Fsp3) is 0.455. The van der Waals surface area contributed by atoms with Gasteiger partial charge in [-0.1, -0.05) is 0 Å². The molecule has 0 aliphatic carbocycles. The summed E-state index contributed by atoms with van der Waals surface area (Å²) in [6.07, 6.45) is 19.4. The zero-order valence-corrected chi connectivity index (χ0v) is 64.0. The molecule has 3 N–H and O–H groups in total. The Morgan fingerprint density at radius 2 is 0.700 bits per heavy atom. The van der Waals surface area contributed by atoms with E-state index in [1.807, 2.05) is 109 Å². The van der Waals surface area contributed by atoms with Crippen LogP contribution in [0.15, 0.2) is 152 Å². The van der Waals surface area contributed by atoms with Crippen LogP contribution in [0.4, 0.5) is 38.0 Å². The first-order valence-electron chi connectivity index (χ1n) is 36.9. The highest BCUT2D eigenvalue weighted by molar-refractivity contribution is 7.86. The van der Waals surface area contributed by atoms with Crippen molar-refractivity contribution in [1.29, 1.82) is 0 Å². The van der Waals surface area contributed by atoms with Gasteiger partial charge >= 0.3 is 12.2 Å². The van der Waals surface area contributed by atoms with Crippen molar-refractivity contribution in [3.8, 4) is 0 Å². The molecule has 110 heavy (non-hydrogen) atoms. The number of likely N-dealkylation sites (tertiary alicyclic amines) is 3. The molecule has 15 rings (SSSR count). The van der Waals surface area contributed by atoms with E-state index in [2.05, 4.69) is 52.0 Å². The van der Waals surface area contributed by atoms with Crippen LogP contribution in [0, 0.1) is 50.6 Å². The Kier molecular flexibility index (Phi) is 26.8. The van der Waals surface area contributed by atoms with Gasteiger partial charge in [0.25, 0.3) is 38.6 Å². The van der Waals surface area contributed by atoms with Gasteiger partial charge < -0.3 is 58.1 Å². The van der Waals surface area contributed by atoms with Crippen LogP contribution in [-0.4, -0.2) is 179 Å². The number of nitrogens with zero attached hydrogens (tertiary/aromatic N) is 12. The number of nitrogens with one attached hydrogen (secondary N) is 3. The fourth-order valence-electron chi connectivity index (χ4n) is 14.3. The van der Waals surface area contributed by atoms with Gasteiger partial charge in [0.2, 0.25) is 0 Å². The van der Waals surface area contributed by atoms with E-state index >= 15 is 0 Å². The summed E-state index contributed by atoms with van der Waals surface area (Å²) >= 11 is 0. The van der Waals surface area contributed by atoms with E-state index in [0.29, 0.717) is 57.1 Å². The lowest BCUT2D eigenvalue weighted by molar-refractivity contribution is -0.384. The number of benzene rings is 5. The number of carbonyl (C=O) groups excluding carboxylic acids is 2. The maximum absolute atomic E-state index is 12.2. The molecule has 2 amide bonds. The van der Waals surface area contributed by atoms with Gasteiger partial charge in [0.15, 0.2) is 0 Å². The quantitative estimate of drug-likeness (QED) is 0.0615. The van der Waals surface area contributed by atoms with Gasteiger partial charge in [-0.3, -0.25) is 54.8 Å². The van der Waals surface area contributed by atoms with Crippen LogP contribution in [0.1, 0.15) is 130 Å². The van der Waals surface area contributed by atoms with Gasteiger partial charge in [0.1, 0.15) is 11.2 Å². The maximum atomic E-state index is 12.2. The van der Waals surface area contributed by atoms with Gasteiger partial charge in [-0.05, 0) is 213 Å². The summed E-state index contributed by atoms with van der Waals surface area (Å²) in [5.74, 6) is 0. The van der Waals surface area contributed by atoms with Crippen molar-refractivity contribution >= 4 is 105 Å². The molecule has 0 radical (unpaired) electrons. The van der Waals surface area contributed by atoms with Crippen LogP contribution >= 0.6 is 0 Å². The zero-order chi connectivity index (χ0) is 79.2. The molecule has 5 aromatic heterocycles. The minimum atomic E-state index is -3.42. The Hall–Kier alpha value is -10.9. The number of nitro benzene ring substituents is 5. The molecule has 0 saturated carbocycles. The van der Waals surface area contributed by atoms with Crippen LogP contribution in [0.3, 0.4) is 0 Å². The number of hydrogen-bond donors (Lipinski definition) is 3. The molecule has 10 heterocycles. The number of H-pyrrole nitrogens is 1. The first-order valence-corrected chi connectivity index (χ1v) is 38.7. The number of piperidine rings is 5. The van der Waals surface area contributed by atoms with Crippen molar-refractivity contribution in [2.45, 2.75) is 147 Å². The largest absolute Gasteiger partial charge is 0.444 e. The van der Waals surface area contributed by atoms with Crippen LogP contribution in [0.25, 0.3) is 54.5 Å². The summed E-state index contributed by atoms with van der Waals surface area (Å²) in [5.41, 5.74) is 4.88. The molecule has 0 spiro atoms. The minimum Gasteiger partial charge on any atom is -0.444 e. The van der Waals surface area contributed by atoms with E-state index in [1.165, 1.54) is 12.1 Å². The SMILES string of the molecule is CC(C)(C)OC(=O)N1CCC(OS(C)(=O)=O)CC1.CC(C)(C)OC(=O)N1CCC(n2ccc3cc([N+](=O)[O-])ccc32)CC1.CN1CCC(n2ccc3cc([N+](=O)[O-])ccc32)CC1.O=[N+]([O-])c1ccc2[nH]ccc2c1.O=[N+]([O-])c1ccc2c(ccn2C2CCNCC2)c1.O=[N+]([O-])c1ccc2c(ccn2C2CCNCC2)c1. The van der Waals surface area contributed by atoms with Gasteiger partial charge in [-0.15, -0.1) is 0 Å². The molecule has 32 nitrogen and oxygen atoms in total. The van der Waals surface area contributed by atoms with Crippen molar-refractivity contribution in [3.63, 3.8) is 0 Å². The number of non-ortho nitro benzene ring substituents is 5. The molecule has 5 aromatic carbocycles. The lowest BCUT2D eigenvalue weighted by Crippen LogP contribution is -2.43. The molecular formula is C77H97N15O17S. The highest BCUT2D eigenvalue weighted by atomic mass is 32.2. The van der Waals surface area contributed by atoms with Crippen molar-refractivity contribution in [2.24, 2.45) is 0 Å². The molecule has 33 heteroatoms. The number of aromatic nitrogens is 5. The third-order valence-corrected chi connectivity index (χ3v) is 20.4. The molecule has 10 aromatic rings. The second-order valence-electron chi connectivity index (χ2n) is 30.1. The summed E-state index contributed by atoms with van der Waals surface area (Å²) in [6.45, 7) is 19.6. The molecule has 0 bridgehead atoms. The standard InChI is InChI=1S/C18H23N3O4.C14H17N3O2.2C13H15N3O2.C11H21NO5S.C8H6N2O2/c1-18(2,3)25-17(22)19-9-7-14(8-10-19)20-11-6-13-12-15(21(23)24)4-5-16(13)20;1-15-7-5-12(6-8-15)16-9-4-11-10-13(17(18)19)2-3-14(11)16;2*17-16(18)12-1-2-13-10(9-12)5-8-15(13)11-3-6-14-7-4-11;1-11(2,3)16-10(13)12-7-5-9(6-8-12)17-18(4,14)15;11-10(12)7-1-2-8-6(5-7)3-4-9-8/h4-6,11-12,14H,7-10H2,1-3H3;2-4,9-10,12H,5-8H2,1H3;2*1-2,5,8-9,11,14H,3-4,6-7H2;9H,5-8H2,1-4H3;1-5,9H. The molecule has 0 unspecified atom stereocenters. The number of nitro groups is 5. The molecule has 5 aliphatic rings. The van der Waals surface area contributed by atoms with Crippen molar-refractivity contribution in [1.82, 2.24) is 48.6 Å². The van der Waals surface area contributed by atoms with Gasteiger partial charge in [-0.2, -0.15) is 8.42 Å². The third kappa shape index (κ3) is 22.2. The average molecular weight is 1540 g/mol. The Morgan fingerprint density at radius 1 is 0.409 bits per heavy atom. The number of hydrogen-bond acceptors (Lipinski definition) is 20. The average Bonchev–Trinajstić information content (AvgIpc) is 1.66. The van der Waals surface area contributed by atoms with Crippen LogP contribution in [0.2, 0.25) is 0 Å². The Balaban J connectivity index is 0.000000142. The second kappa shape index (κ2) is 36.1. The molecule has 588 valence electrons. The Morgan fingerprint density at radius 3 is 1.01 bits per heavy atom. The molecule has 0 atom stereocenters. The second-order valence-corrected chi connectivity index (χ2v) is 31.7. The lowest BCUT2D eigenvalue weighted by Gasteiger charge is -2.34. The summed E-state index contributed by atoms with van der Waals surface area (Å²) in [5, 5.41) is 64.8. The molecular weight excluding hydrogens is 1440 g/mol. The van der Waals surface area contributed by atoms with Gasteiger partial charge in [0.05, 0.1) is 37.0 Å². The van der Waals surface area contributed by atoms with Crippen LogP contribution < -0.4 is 10.6 Å². The van der Waals surface area contributed by atoms with Crippen molar-refractivity contribution < 1.29 is 56.3 Å². The van der Waals surface area contributed by atoms with Crippen molar-refractivity contribution in [3.05, 3.63) is 203 Å². The van der Waals surface area contributed by atoms with E-state index < -0.39 is 26.2 Å². The molecule has 5 fully saturated rings. The number of amides is 2. The first kappa shape index (κ1) is 81.6. The van der Waals surface area contributed by atoms with Gasteiger partial charge in [-0.25, -0.2) is 9.59 Å². The van der Waals surface area contributed by atoms with Crippen LogP contribution in [-0.2, 0) is 23.8 Å². The number of carbonyl (C=O) groups is 2. The molecule has 5 saturated heterocycles. The predicted molar refractivity (Wildman–Crippen MR) is 420 cm³/mol. The summed E-state index contributed by atoms with van der Waals surface area (Å²) < 4.78 is 46.4. The highest BCUT2D eigenvalue weighted by Gasteiger charge is 2.31. The van der Waals surface area contributed by atoms with E-state index in [4.69, 9.17) is 13.7 Å². The molecule has 5 aliphatic heterocycles. The first-order chi connectivity index (χ1) is 52.2. The summed E-state index contributed by atoms with van der Waals surface area (Å²) in [4.78, 5) is 84.3. The van der Waals surface area contributed by atoms with E-state index in [1.54, 1.807) is 76.7 Å².